The first-order valence-electron chi connectivity index (χ1n) is 4.44. The molecule has 0 aliphatic heterocycles. The van der Waals surface area contributed by atoms with Crippen LogP contribution in [0.2, 0.25) is 0 Å². The summed E-state index contributed by atoms with van der Waals surface area (Å²) in [7, 11) is 1.50. The van der Waals surface area contributed by atoms with Gasteiger partial charge in [0.25, 0.3) is 5.82 Å². The van der Waals surface area contributed by atoms with Crippen molar-refractivity contribution in [3.05, 3.63) is 11.7 Å². The van der Waals surface area contributed by atoms with Crippen molar-refractivity contribution >= 4 is 5.97 Å². The number of hydrogen-bond donors (Lipinski definition) is 1. The highest BCUT2D eigenvalue weighted by Crippen LogP contribution is 2.08. The largest absolute Gasteiger partial charge is 0.460 e. The predicted octanol–water partition coefficient (Wildman–Crippen LogP) is -0.108. The van der Waals surface area contributed by atoms with Gasteiger partial charge < -0.3 is 19.7 Å². The van der Waals surface area contributed by atoms with E-state index in [2.05, 4.69) is 14.9 Å². The van der Waals surface area contributed by atoms with Crippen molar-refractivity contribution in [2.24, 2.45) is 5.73 Å². The summed E-state index contributed by atoms with van der Waals surface area (Å²) in [6.07, 6.45) is 0. The minimum absolute atomic E-state index is 0.126. The van der Waals surface area contributed by atoms with E-state index in [4.69, 9.17) is 15.0 Å². The first kappa shape index (κ1) is 11.6. The van der Waals surface area contributed by atoms with Crippen LogP contribution in [0.4, 0.5) is 0 Å². The van der Waals surface area contributed by atoms with E-state index in [1.807, 2.05) is 0 Å². The molecule has 7 nitrogen and oxygen atoms in total. The molecule has 0 amide bonds. The molecule has 0 saturated heterocycles. The van der Waals surface area contributed by atoms with Crippen LogP contribution in [0.5, 0.6) is 0 Å². The van der Waals surface area contributed by atoms with E-state index in [1.54, 1.807) is 6.92 Å². The fourth-order valence-electron chi connectivity index (χ4n) is 0.915. The number of nitrogens with two attached hydrogens (primary N) is 1. The van der Waals surface area contributed by atoms with E-state index in [1.165, 1.54) is 7.11 Å². The van der Waals surface area contributed by atoms with Gasteiger partial charge in [-0.05, 0) is 12.1 Å². The monoisotopic (exact) mass is 215 g/mol. The minimum atomic E-state index is -0.628. The molecule has 0 radical (unpaired) electrons. The van der Waals surface area contributed by atoms with Crippen molar-refractivity contribution in [2.45, 2.75) is 13.0 Å². The highest BCUT2D eigenvalue weighted by Gasteiger charge is 2.19. The Hall–Kier alpha value is -1.47. The molecular weight excluding hydrogens is 202 g/mol. The van der Waals surface area contributed by atoms with E-state index >= 15 is 0 Å². The van der Waals surface area contributed by atoms with Gasteiger partial charge in [-0.3, -0.25) is 0 Å². The van der Waals surface area contributed by atoms with Crippen LogP contribution in [-0.2, 0) is 9.47 Å². The van der Waals surface area contributed by atoms with Crippen molar-refractivity contribution in [1.29, 1.82) is 0 Å². The fraction of sp³-hybridized carbons (Fsp3) is 0.625. The normalized spacial score (nSPS) is 12.5. The van der Waals surface area contributed by atoms with Crippen LogP contribution in [0.15, 0.2) is 4.52 Å². The quantitative estimate of drug-likeness (QED) is 0.684. The van der Waals surface area contributed by atoms with Gasteiger partial charge in [-0.25, -0.2) is 4.79 Å². The average Bonchev–Trinajstić information content (AvgIpc) is 2.67. The molecular formula is C8H13N3O4. The summed E-state index contributed by atoms with van der Waals surface area (Å²) in [6, 6.07) is -0.536. The Morgan fingerprint density at radius 3 is 3.00 bits per heavy atom. The lowest BCUT2D eigenvalue weighted by molar-refractivity contribution is 0.0508. The predicted molar refractivity (Wildman–Crippen MR) is 49.1 cm³/mol. The Morgan fingerprint density at radius 1 is 1.67 bits per heavy atom. The third-order valence-corrected chi connectivity index (χ3v) is 1.56. The van der Waals surface area contributed by atoms with Crippen molar-refractivity contribution in [1.82, 2.24) is 10.1 Å². The second-order valence-electron chi connectivity index (χ2n) is 2.74. The Labute approximate surface area is 86.5 Å². The van der Waals surface area contributed by atoms with Crippen LogP contribution in [0.25, 0.3) is 0 Å². The summed E-state index contributed by atoms with van der Waals surface area (Å²) < 4.78 is 14.3. The van der Waals surface area contributed by atoms with Crippen molar-refractivity contribution in [2.75, 3.05) is 20.3 Å². The van der Waals surface area contributed by atoms with Crippen molar-refractivity contribution in [3.8, 4) is 0 Å². The highest BCUT2D eigenvalue weighted by molar-refractivity contribution is 5.84. The number of methoxy groups -OCH3 is 1. The molecule has 1 rings (SSSR count). The van der Waals surface area contributed by atoms with Gasteiger partial charge >= 0.3 is 5.97 Å². The maximum Gasteiger partial charge on any atom is 0.379 e. The molecule has 7 heteroatoms. The number of esters is 1. The SMILES string of the molecule is CCOC(=O)c1noc(C(N)COC)n1. The van der Waals surface area contributed by atoms with Crippen LogP contribution in [0.3, 0.4) is 0 Å². The highest BCUT2D eigenvalue weighted by atomic mass is 16.5. The third-order valence-electron chi connectivity index (χ3n) is 1.56. The molecule has 1 heterocycles. The zero-order chi connectivity index (χ0) is 11.3. The molecule has 0 spiro atoms. The lowest BCUT2D eigenvalue weighted by Crippen LogP contribution is -2.16. The molecule has 1 atom stereocenters. The van der Waals surface area contributed by atoms with Gasteiger partial charge in [0.05, 0.1) is 13.2 Å². The molecule has 1 aromatic rings. The second-order valence-corrected chi connectivity index (χ2v) is 2.74. The van der Waals surface area contributed by atoms with Crippen LogP contribution in [-0.4, -0.2) is 36.4 Å². The Balaban J connectivity index is 2.67. The van der Waals surface area contributed by atoms with Crippen LogP contribution >= 0.6 is 0 Å². The number of nitrogens with zero attached hydrogens (tertiary/aromatic N) is 2. The number of hydrogen-bond acceptors (Lipinski definition) is 7. The average molecular weight is 215 g/mol. The second kappa shape index (κ2) is 5.42. The van der Waals surface area contributed by atoms with Gasteiger partial charge in [0.1, 0.15) is 6.04 Å². The number of aromatic nitrogens is 2. The molecule has 15 heavy (non-hydrogen) atoms. The maximum atomic E-state index is 11.2. The zero-order valence-electron chi connectivity index (χ0n) is 8.60. The maximum absolute atomic E-state index is 11.2. The summed E-state index contributed by atoms with van der Waals surface area (Å²) in [6.45, 7) is 2.19. The molecule has 0 aromatic carbocycles. The Kier molecular flexibility index (Phi) is 4.19. The lowest BCUT2D eigenvalue weighted by atomic mass is 10.3. The fourth-order valence-corrected chi connectivity index (χ4v) is 0.915. The molecule has 1 aromatic heterocycles. The van der Waals surface area contributed by atoms with Crippen LogP contribution < -0.4 is 5.73 Å². The zero-order valence-corrected chi connectivity index (χ0v) is 8.60. The first-order valence-corrected chi connectivity index (χ1v) is 4.44. The first-order chi connectivity index (χ1) is 7.19. The number of rotatable bonds is 5. The number of carbonyl (C=O) groups is 1. The van der Waals surface area contributed by atoms with Gasteiger partial charge in [0.2, 0.25) is 5.89 Å². The molecule has 2 N–H and O–H groups in total. The van der Waals surface area contributed by atoms with E-state index in [0.29, 0.717) is 0 Å². The Morgan fingerprint density at radius 2 is 2.40 bits per heavy atom. The summed E-state index contributed by atoms with van der Waals surface area (Å²) in [4.78, 5) is 14.9. The molecule has 1 unspecified atom stereocenters. The topological polar surface area (TPSA) is 100 Å². The smallest absolute Gasteiger partial charge is 0.379 e. The lowest BCUT2D eigenvalue weighted by Gasteiger charge is -2.02. The number of ether oxygens (including phenoxy) is 2. The van der Waals surface area contributed by atoms with E-state index in [9.17, 15) is 4.79 Å². The molecule has 84 valence electrons. The summed E-state index contributed by atoms with van der Waals surface area (Å²) >= 11 is 0. The van der Waals surface area contributed by atoms with Crippen LogP contribution in [0.1, 0.15) is 29.5 Å². The van der Waals surface area contributed by atoms with Crippen molar-refractivity contribution < 1.29 is 18.8 Å². The summed E-state index contributed by atoms with van der Waals surface area (Å²) in [5.74, 6) is -0.601. The Bertz CT molecular complexity index is 325. The van der Waals surface area contributed by atoms with Gasteiger partial charge in [-0.2, -0.15) is 4.98 Å². The van der Waals surface area contributed by atoms with Gasteiger partial charge in [-0.15, -0.1) is 0 Å². The van der Waals surface area contributed by atoms with Gasteiger partial charge in [-0.1, -0.05) is 0 Å². The van der Waals surface area contributed by atoms with E-state index < -0.39 is 12.0 Å². The molecule has 0 saturated carbocycles. The van der Waals surface area contributed by atoms with Gasteiger partial charge in [0, 0.05) is 7.11 Å². The van der Waals surface area contributed by atoms with E-state index in [0.717, 1.165) is 0 Å². The van der Waals surface area contributed by atoms with Crippen molar-refractivity contribution in [3.63, 3.8) is 0 Å². The third kappa shape index (κ3) is 3.00. The summed E-state index contributed by atoms with van der Waals surface area (Å²) in [5.41, 5.74) is 5.62. The molecule has 0 fully saturated rings. The molecule has 0 bridgehead atoms. The minimum Gasteiger partial charge on any atom is -0.460 e. The number of carbonyl (C=O) groups excluding carboxylic acids is 1. The molecule has 0 aliphatic carbocycles. The standard InChI is InChI=1S/C8H13N3O4/c1-3-14-8(12)6-10-7(15-11-6)5(9)4-13-2/h5H,3-4,9H2,1-2H3. The molecule has 0 aliphatic rings. The van der Waals surface area contributed by atoms with Crippen LogP contribution in [0, 0.1) is 0 Å². The summed E-state index contributed by atoms with van der Waals surface area (Å²) in [5, 5.41) is 3.44. The van der Waals surface area contributed by atoms with Gasteiger partial charge in [0.15, 0.2) is 0 Å². The van der Waals surface area contributed by atoms with E-state index in [-0.39, 0.29) is 24.9 Å².